The van der Waals surface area contributed by atoms with Crippen LogP contribution in [0.1, 0.15) is 47.3 Å². The molecule has 5 heteroatoms. The summed E-state index contributed by atoms with van der Waals surface area (Å²) in [6.07, 6.45) is 0.667. The SMILES string of the molecule is CC(C)c1n[nH]c(Cc2ccc(-c3ccccc3C(=O)O)cc2)n1. The highest BCUT2D eigenvalue weighted by Gasteiger charge is 2.11. The first-order chi connectivity index (χ1) is 11.5. The van der Waals surface area contributed by atoms with Gasteiger partial charge in [-0.2, -0.15) is 5.10 Å². The summed E-state index contributed by atoms with van der Waals surface area (Å²) in [7, 11) is 0. The Bertz CT molecular complexity index is 851. The summed E-state index contributed by atoms with van der Waals surface area (Å²) < 4.78 is 0. The van der Waals surface area contributed by atoms with Gasteiger partial charge in [-0.1, -0.05) is 56.3 Å². The number of H-pyrrole nitrogens is 1. The lowest BCUT2D eigenvalue weighted by Crippen LogP contribution is -1.99. The number of aromatic carboxylic acids is 1. The number of nitrogens with one attached hydrogen (secondary N) is 1. The molecule has 2 aromatic carbocycles. The molecule has 0 aliphatic rings. The Hall–Kier alpha value is -2.95. The van der Waals surface area contributed by atoms with E-state index in [2.05, 4.69) is 29.0 Å². The molecule has 0 fully saturated rings. The van der Waals surface area contributed by atoms with Crippen LogP contribution in [0, 0.1) is 0 Å². The zero-order valence-electron chi connectivity index (χ0n) is 13.7. The Labute approximate surface area is 140 Å². The predicted molar refractivity (Wildman–Crippen MR) is 92.1 cm³/mol. The highest BCUT2D eigenvalue weighted by molar-refractivity contribution is 5.95. The number of carboxylic acids is 1. The quantitative estimate of drug-likeness (QED) is 0.747. The van der Waals surface area contributed by atoms with Crippen LogP contribution in [0.3, 0.4) is 0 Å². The number of nitrogens with zero attached hydrogens (tertiary/aromatic N) is 2. The molecule has 0 saturated carbocycles. The lowest BCUT2D eigenvalue weighted by atomic mass is 9.98. The van der Waals surface area contributed by atoms with E-state index in [1.165, 1.54) is 0 Å². The van der Waals surface area contributed by atoms with Crippen molar-refractivity contribution < 1.29 is 9.90 Å². The van der Waals surface area contributed by atoms with Gasteiger partial charge in [0.1, 0.15) is 5.82 Å². The molecule has 1 aromatic heterocycles. The molecule has 122 valence electrons. The topological polar surface area (TPSA) is 78.9 Å². The van der Waals surface area contributed by atoms with E-state index in [4.69, 9.17) is 0 Å². The molecule has 3 aromatic rings. The Morgan fingerprint density at radius 2 is 1.83 bits per heavy atom. The van der Waals surface area contributed by atoms with Gasteiger partial charge in [0.05, 0.1) is 5.56 Å². The number of carbonyl (C=O) groups is 1. The van der Waals surface area contributed by atoms with E-state index in [1.807, 2.05) is 36.4 Å². The molecule has 0 amide bonds. The normalized spacial score (nSPS) is 11.0. The Morgan fingerprint density at radius 3 is 2.46 bits per heavy atom. The maximum atomic E-state index is 11.3. The van der Waals surface area contributed by atoms with Crippen molar-refractivity contribution in [2.24, 2.45) is 0 Å². The second kappa shape index (κ2) is 6.66. The molecule has 0 radical (unpaired) electrons. The van der Waals surface area contributed by atoms with Crippen molar-refractivity contribution in [2.45, 2.75) is 26.2 Å². The van der Waals surface area contributed by atoms with E-state index in [0.29, 0.717) is 17.9 Å². The number of hydrogen-bond donors (Lipinski definition) is 2. The van der Waals surface area contributed by atoms with E-state index in [0.717, 1.165) is 28.3 Å². The van der Waals surface area contributed by atoms with Gasteiger partial charge in [-0.15, -0.1) is 0 Å². The molecule has 2 N–H and O–H groups in total. The third-order valence-electron chi connectivity index (χ3n) is 3.86. The average molecular weight is 321 g/mol. The fourth-order valence-corrected chi connectivity index (χ4v) is 2.56. The predicted octanol–water partition coefficient (Wildman–Crippen LogP) is 3.88. The molecule has 0 bridgehead atoms. The summed E-state index contributed by atoms with van der Waals surface area (Å²) in [4.78, 5) is 15.8. The zero-order chi connectivity index (χ0) is 17.1. The first-order valence-corrected chi connectivity index (χ1v) is 7.87. The third kappa shape index (κ3) is 3.35. The molecule has 3 rings (SSSR count). The third-order valence-corrected chi connectivity index (χ3v) is 3.86. The van der Waals surface area contributed by atoms with Crippen molar-refractivity contribution in [3.05, 3.63) is 71.3 Å². The highest BCUT2D eigenvalue weighted by atomic mass is 16.4. The molecule has 5 nitrogen and oxygen atoms in total. The number of benzene rings is 2. The molecular formula is C19H19N3O2. The maximum absolute atomic E-state index is 11.3. The number of aromatic amines is 1. The van der Waals surface area contributed by atoms with E-state index in [-0.39, 0.29) is 0 Å². The molecule has 0 saturated heterocycles. The number of hydrogen-bond acceptors (Lipinski definition) is 3. The van der Waals surface area contributed by atoms with Crippen molar-refractivity contribution >= 4 is 5.97 Å². The fourth-order valence-electron chi connectivity index (χ4n) is 2.56. The van der Waals surface area contributed by atoms with Crippen molar-refractivity contribution in [1.29, 1.82) is 0 Å². The first-order valence-electron chi connectivity index (χ1n) is 7.87. The van der Waals surface area contributed by atoms with Crippen molar-refractivity contribution in [3.63, 3.8) is 0 Å². The standard InChI is InChI=1S/C19H19N3O2/c1-12(2)18-20-17(21-22-18)11-13-7-9-14(10-8-13)15-5-3-4-6-16(15)19(23)24/h3-10,12H,11H2,1-2H3,(H,23,24)(H,20,21,22). The minimum atomic E-state index is -0.919. The second-order valence-electron chi connectivity index (χ2n) is 6.02. The van der Waals surface area contributed by atoms with Crippen LogP contribution in [0.15, 0.2) is 48.5 Å². The smallest absolute Gasteiger partial charge is 0.336 e. The number of rotatable bonds is 5. The van der Waals surface area contributed by atoms with Gasteiger partial charge in [0.2, 0.25) is 0 Å². The van der Waals surface area contributed by atoms with Gasteiger partial charge < -0.3 is 5.11 Å². The molecule has 0 aliphatic heterocycles. The minimum Gasteiger partial charge on any atom is -0.478 e. The van der Waals surface area contributed by atoms with Crippen LogP contribution in [-0.2, 0) is 6.42 Å². The zero-order valence-corrected chi connectivity index (χ0v) is 13.7. The molecular weight excluding hydrogens is 302 g/mol. The van der Waals surface area contributed by atoms with Crippen LogP contribution >= 0.6 is 0 Å². The van der Waals surface area contributed by atoms with Crippen molar-refractivity contribution in [1.82, 2.24) is 15.2 Å². The summed E-state index contributed by atoms with van der Waals surface area (Å²) >= 11 is 0. The monoisotopic (exact) mass is 321 g/mol. The van der Waals surface area contributed by atoms with Gasteiger partial charge in [0.15, 0.2) is 5.82 Å². The van der Waals surface area contributed by atoms with E-state index >= 15 is 0 Å². The van der Waals surface area contributed by atoms with Crippen molar-refractivity contribution in [2.75, 3.05) is 0 Å². The van der Waals surface area contributed by atoms with Crippen LogP contribution in [0.5, 0.6) is 0 Å². The molecule has 0 aliphatic carbocycles. The van der Waals surface area contributed by atoms with E-state index in [1.54, 1.807) is 12.1 Å². The molecule has 1 heterocycles. The number of aromatic nitrogens is 3. The largest absolute Gasteiger partial charge is 0.478 e. The Morgan fingerprint density at radius 1 is 1.12 bits per heavy atom. The van der Waals surface area contributed by atoms with E-state index in [9.17, 15) is 9.90 Å². The maximum Gasteiger partial charge on any atom is 0.336 e. The summed E-state index contributed by atoms with van der Waals surface area (Å²) in [6.45, 7) is 4.11. The minimum absolute atomic E-state index is 0.296. The van der Waals surface area contributed by atoms with Crippen LogP contribution in [-0.4, -0.2) is 26.3 Å². The van der Waals surface area contributed by atoms with E-state index < -0.39 is 5.97 Å². The van der Waals surface area contributed by atoms with Gasteiger partial charge in [-0.3, -0.25) is 5.10 Å². The van der Waals surface area contributed by atoms with Crippen LogP contribution in [0.4, 0.5) is 0 Å². The molecule has 0 spiro atoms. The number of carboxylic acid groups (broad SMARTS) is 1. The van der Waals surface area contributed by atoms with Crippen LogP contribution in [0.25, 0.3) is 11.1 Å². The summed E-state index contributed by atoms with van der Waals surface area (Å²) in [6, 6.07) is 14.9. The molecule has 0 atom stereocenters. The van der Waals surface area contributed by atoms with Crippen LogP contribution < -0.4 is 0 Å². The van der Waals surface area contributed by atoms with Gasteiger partial charge in [0.25, 0.3) is 0 Å². The summed E-state index contributed by atoms with van der Waals surface area (Å²) in [5.74, 6) is 1.02. The van der Waals surface area contributed by atoms with Gasteiger partial charge in [0, 0.05) is 12.3 Å². The lowest BCUT2D eigenvalue weighted by molar-refractivity contribution is 0.0697. The molecule has 0 unspecified atom stereocenters. The summed E-state index contributed by atoms with van der Waals surface area (Å²) in [5.41, 5.74) is 3.01. The fraction of sp³-hybridized carbons (Fsp3) is 0.211. The molecule has 24 heavy (non-hydrogen) atoms. The Kier molecular flexibility index (Phi) is 4.42. The van der Waals surface area contributed by atoms with Gasteiger partial charge in [-0.05, 0) is 22.8 Å². The average Bonchev–Trinajstić information content (AvgIpc) is 3.04. The van der Waals surface area contributed by atoms with Crippen LogP contribution in [0.2, 0.25) is 0 Å². The summed E-state index contributed by atoms with van der Waals surface area (Å²) in [5, 5.41) is 16.5. The Balaban J connectivity index is 1.82. The van der Waals surface area contributed by atoms with Gasteiger partial charge in [-0.25, -0.2) is 9.78 Å². The highest BCUT2D eigenvalue weighted by Crippen LogP contribution is 2.24. The first kappa shape index (κ1) is 15.9. The van der Waals surface area contributed by atoms with Gasteiger partial charge >= 0.3 is 5.97 Å². The second-order valence-corrected chi connectivity index (χ2v) is 6.02. The van der Waals surface area contributed by atoms with Crippen molar-refractivity contribution in [3.8, 4) is 11.1 Å². The lowest BCUT2D eigenvalue weighted by Gasteiger charge is -2.07.